The van der Waals surface area contributed by atoms with E-state index in [0.717, 1.165) is 30.7 Å². The van der Waals surface area contributed by atoms with Gasteiger partial charge in [-0.05, 0) is 14.0 Å². The molecule has 1 aliphatic heterocycles. The SMILES string of the molecule is CCOC(=O)C[N+]1(C)CCN(C)CC1. The molecule has 0 N–H and O–H groups in total. The maximum absolute atomic E-state index is 11.3. The summed E-state index contributed by atoms with van der Waals surface area (Å²) in [4.78, 5) is 13.6. The number of esters is 1. The summed E-state index contributed by atoms with van der Waals surface area (Å²) < 4.78 is 5.79. The molecule has 0 spiro atoms. The van der Waals surface area contributed by atoms with Crippen molar-refractivity contribution in [3.05, 3.63) is 0 Å². The number of carbonyl (C=O) groups excluding carboxylic acids is 1. The summed E-state index contributed by atoms with van der Waals surface area (Å²) in [5.41, 5.74) is 0. The van der Waals surface area contributed by atoms with Crippen molar-refractivity contribution in [2.75, 3.05) is 53.4 Å². The Bertz CT molecular complexity index is 198. The van der Waals surface area contributed by atoms with Crippen LogP contribution in [-0.2, 0) is 9.53 Å². The van der Waals surface area contributed by atoms with Crippen LogP contribution in [0.25, 0.3) is 0 Å². The van der Waals surface area contributed by atoms with Crippen molar-refractivity contribution in [2.45, 2.75) is 6.92 Å². The Morgan fingerprint density at radius 2 is 2.00 bits per heavy atom. The predicted octanol–water partition coefficient (Wildman–Crippen LogP) is -0.0585. The summed E-state index contributed by atoms with van der Waals surface area (Å²) in [5.74, 6) is -0.0699. The molecule has 1 heterocycles. The summed E-state index contributed by atoms with van der Waals surface area (Å²) in [6.45, 7) is 7.05. The van der Waals surface area contributed by atoms with Crippen molar-refractivity contribution >= 4 is 5.97 Å². The van der Waals surface area contributed by atoms with Crippen LogP contribution in [0.1, 0.15) is 6.92 Å². The first kappa shape index (κ1) is 11.5. The highest BCUT2D eigenvalue weighted by Gasteiger charge is 2.30. The van der Waals surface area contributed by atoms with Crippen molar-refractivity contribution < 1.29 is 14.0 Å². The minimum absolute atomic E-state index is 0.0699. The van der Waals surface area contributed by atoms with E-state index < -0.39 is 0 Å². The van der Waals surface area contributed by atoms with Gasteiger partial charge >= 0.3 is 5.97 Å². The van der Waals surface area contributed by atoms with Crippen LogP contribution in [-0.4, -0.2) is 68.8 Å². The van der Waals surface area contributed by atoms with Crippen molar-refractivity contribution in [3.63, 3.8) is 0 Å². The zero-order valence-corrected chi connectivity index (χ0v) is 9.45. The standard InChI is InChI=1S/C10H21N2O2/c1-4-14-10(13)9-12(3)7-5-11(2)6-8-12/h4-9H2,1-3H3/q+1. The normalized spacial score (nSPS) is 21.9. The first-order valence-corrected chi connectivity index (χ1v) is 5.23. The van der Waals surface area contributed by atoms with E-state index >= 15 is 0 Å². The minimum Gasteiger partial charge on any atom is -0.462 e. The number of hydrogen-bond acceptors (Lipinski definition) is 3. The Kier molecular flexibility index (Phi) is 3.89. The fourth-order valence-electron chi connectivity index (χ4n) is 1.72. The lowest BCUT2D eigenvalue weighted by molar-refractivity contribution is -0.906. The van der Waals surface area contributed by atoms with Crippen LogP contribution >= 0.6 is 0 Å². The molecular weight excluding hydrogens is 180 g/mol. The van der Waals surface area contributed by atoms with E-state index in [9.17, 15) is 4.79 Å². The Balaban J connectivity index is 2.38. The second-order valence-corrected chi connectivity index (χ2v) is 4.33. The highest BCUT2D eigenvalue weighted by molar-refractivity contribution is 5.70. The van der Waals surface area contributed by atoms with E-state index in [2.05, 4.69) is 19.0 Å². The molecule has 0 bridgehead atoms. The maximum atomic E-state index is 11.3. The smallest absolute Gasteiger partial charge is 0.361 e. The number of rotatable bonds is 3. The Hall–Kier alpha value is -0.610. The van der Waals surface area contributed by atoms with Gasteiger partial charge in [-0.1, -0.05) is 0 Å². The molecule has 1 saturated heterocycles. The van der Waals surface area contributed by atoms with E-state index in [0.29, 0.717) is 13.2 Å². The van der Waals surface area contributed by atoms with Gasteiger partial charge in [0, 0.05) is 13.1 Å². The molecule has 0 unspecified atom stereocenters. The molecule has 1 rings (SSSR count). The number of nitrogens with zero attached hydrogens (tertiary/aromatic N) is 2. The Morgan fingerprint density at radius 1 is 1.43 bits per heavy atom. The van der Waals surface area contributed by atoms with Gasteiger partial charge in [-0.15, -0.1) is 0 Å². The van der Waals surface area contributed by atoms with Gasteiger partial charge in [-0.2, -0.15) is 0 Å². The van der Waals surface area contributed by atoms with Crippen LogP contribution in [0.15, 0.2) is 0 Å². The molecule has 14 heavy (non-hydrogen) atoms. The molecule has 0 amide bonds. The maximum Gasteiger partial charge on any atom is 0.361 e. The third kappa shape index (κ3) is 3.27. The van der Waals surface area contributed by atoms with Gasteiger partial charge in [0.25, 0.3) is 0 Å². The molecule has 0 aromatic heterocycles. The zero-order chi connectivity index (χ0) is 10.6. The average molecular weight is 201 g/mol. The van der Waals surface area contributed by atoms with Gasteiger partial charge in [-0.3, -0.25) is 4.90 Å². The van der Waals surface area contributed by atoms with Crippen LogP contribution in [0.3, 0.4) is 0 Å². The van der Waals surface area contributed by atoms with Crippen LogP contribution < -0.4 is 0 Å². The zero-order valence-electron chi connectivity index (χ0n) is 9.45. The second-order valence-electron chi connectivity index (χ2n) is 4.33. The van der Waals surface area contributed by atoms with Crippen LogP contribution in [0.5, 0.6) is 0 Å². The van der Waals surface area contributed by atoms with Gasteiger partial charge in [0.05, 0.1) is 26.7 Å². The summed E-state index contributed by atoms with van der Waals surface area (Å²) >= 11 is 0. The number of hydrogen-bond donors (Lipinski definition) is 0. The second kappa shape index (κ2) is 4.75. The first-order valence-electron chi connectivity index (χ1n) is 5.23. The molecule has 1 aliphatic rings. The molecular formula is C10H21N2O2+. The molecule has 0 saturated carbocycles. The third-order valence-corrected chi connectivity index (χ3v) is 2.86. The number of quaternary nitrogens is 1. The number of ether oxygens (including phenoxy) is 1. The predicted molar refractivity (Wildman–Crippen MR) is 54.9 cm³/mol. The lowest BCUT2D eigenvalue weighted by Crippen LogP contribution is -2.58. The highest BCUT2D eigenvalue weighted by atomic mass is 16.5. The van der Waals surface area contributed by atoms with E-state index in [-0.39, 0.29) is 5.97 Å². The van der Waals surface area contributed by atoms with Gasteiger partial charge in [0.2, 0.25) is 0 Å². The fraction of sp³-hybridized carbons (Fsp3) is 0.900. The number of piperazine rings is 1. The molecule has 4 heteroatoms. The highest BCUT2D eigenvalue weighted by Crippen LogP contribution is 2.08. The van der Waals surface area contributed by atoms with Gasteiger partial charge in [0.15, 0.2) is 6.54 Å². The number of carbonyl (C=O) groups is 1. The monoisotopic (exact) mass is 201 g/mol. The lowest BCUT2D eigenvalue weighted by Gasteiger charge is -2.39. The fourth-order valence-corrected chi connectivity index (χ4v) is 1.72. The molecule has 0 aromatic carbocycles. The summed E-state index contributed by atoms with van der Waals surface area (Å²) in [5, 5.41) is 0. The van der Waals surface area contributed by atoms with Gasteiger partial charge in [0.1, 0.15) is 0 Å². The number of likely N-dealkylation sites (N-methyl/N-ethyl adjacent to an activating group) is 2. The van der Waals surface area contributed by atoms with Crippen molar-refractivity contribution in [1.29, 1.82) is 0 Å². The lowest BCUT2D eigenvalue weighted by atomic mass is 10.2. The molecule has 4 nitrogen and oxygen atoms in total. The largest absolute Gasteiger partial charge is 0.462 e. The molecule has 0 aromatic rings. The molecule has 0 aliphatic carbocycles. The van der Waals surface area contributed by atoms with E-state index in [1.54, 1.807) is 0 Å². The molecule has 1 fully saturated rings. The van der Waals surface area contributed by atoms with E-state index in [1.165, 1.54) is 0 Å². The van der Waals surface area contributed by atoms with Crippen molar-refractivity contribution in [2.24, 2.45) is 0 Å². The van der Waals surface area contributed by atoms with E-state index in [4.69, 9.17) is 4.74 Å². The summed E-state index contributed by atoms with van der Waals surface area (Å²) in [6.07, 6.45) is 0. The first-order chi connectivity index (χ1) is 6.56. The van der Waals surface area contributed by atoms with Crippen LogP contribution in [0.2, 0.25) is 0 Å². The van der Waals surface area contributed by atoms with Crippen molar-refractivity contribution in [3.8, 4) is 0 Å². The molecule has 82 valence electrons. The molecule has 0 radical (unpaired) electrons. The Labute approximate surface area is 86.0 Å². The van der Waals surface area contributed by atoms with Gasteiger partial charge < -0.3 is 9.22 Å². The summed E-state index contributed by atoms with van der Waals surface area (Å²) in [6, 6.07) is 0. The van der Waals surface area contributed by atoms with Crippen LogP contribution in [0.4, 0.5) is 0 Å². The third-order valence-electron chi connectivity index (χ3n) is 2.86. The Morgan fingerprint density at radius 3 is 2.50 bits per heavy atom. The topological polar surface area (TPSA) is 29.5 Å². The van der Waals surface area contributed by atoms with E-state index in [1.807, 2.05) is 6.92 Å². The average Bonchev–Trinajstić information content (AvgIpc) is 2.11. The summed E-state index contributed by atoms with van der Waals surface area (Å²) in [7, 11) is 4.25. The van der Waals surface area contributed by atoms with Crippen LogP contribution in [0, 0.1) is 0 Å². The quantitative estimate of drug-likeness (QED) is 0.473. The van der Waals surface area contributed by atoms with Crippen molar-refractivity contribution in [1.82, 2.24) is 4.90 Å². The minimum atomic E-state index is -0.0699. The van der Waals surface area contributed by atoms with Gasteiger partial charge in [-0.25, -0.2) is 4.79 Å². The molecule has 0 atom stereocenters.